The molecule has 0 fully saturated rings. The van der Waals surface area contributed by atoms with Crippen molar-refractivity contribution < 1.29 is 13.2 Å². The van der Waals surface area contributed by atoms with Gasteiger partial charge in [-0.25, -0.2) is 13.2 Å². The zero-order chi connectivity index (χ0) is 17.3. The Morgan fingerprint density at radius 1 is 0.783 bits per heavy atom. The topological polar surface area (TPSA) is 47.6 Å². The number of benzene rings is 2. The van der Waals surface area contributed by atoms with Crippen molar-refractivity contribution in [3.63, 3.8) is 0 Å². The number of hydrogen-bond acceptors (Lipinski definition) is 3. The molecular weight excluding hydrogens is 321 g/mol. The summed E-state index contributed by atoms with van der Waals surface area (Å²) in [4.78, 5) is -0.0329. The van der Waals surface area contributed by atoms with Crippen LogP contribution in [-0.2, 0) is 0 Å². The minimum absolute atomic E-state index is 0.585. The van der Waals surface area contributed by atoms with E-state index in [1.165, 1.54) is 12.1 Å². The van der Waals surface area contributed by atoms with Gasteiger partial charge in [-0.1, -0.05) is 29.5 Å². The van der Waals surface area contributed by atoms with Gasteiger partial charge in [-0.15, -0.1) is 0 Å². The highest BCUT2D eigenvalue weighted by Crippen LogP contribution is 2.39. The van der Waals surface area contributed by atoms with E-state index < -0.39 is 33.5 Å². The van der Waals surface area contributed by atoms with E-state index >= 15 is 0 Å². The summed E-state index contributed by atoms with van der Waals surface area (Å²) < 4.78 is 42.5. The number of aryl methyl sites for hydroxylation is 3. The Hall–Kier alpha value is -2.44. The molecular formula is C17H11F3N2S. The number of rotatable bonds is 2. The molecule has 0 atom stereocenters. The average molecular weight is 332 g/mol. The van der Waals surface area contributed by atoms with Crippen LogP contribution in [0.3, 0.4) is 0 Å². The van der Waals surface area contributed by atoms with Crippen LogP contribution < -0.4 is 0 Å². The molecule has 0 unspecified atom stereocenters. The van der Waals surface area contributed by atoms with E-state index in [1.54, 1.807) is 13.8 Å². The van der Waals surface area contributed by atoms with Gasteiger partial charge in [0.05, 0.1) is 4.90 Å². The van der Waals surface area contributed by atoms with Crippen LogP contribution in [0.15, 0.2) is 21.9 Å². The molecule has 6 heteroatoms. The molecule has 0 radical (unpaired) electrons. The molecule has 0 spiro atoms. The number of nitrogens with zero attached hydrogens (tertiary/aromatic N) is 2. The maximum Gasteiger partial charge on any atom is 0.179 e. The van der Waals surface area contributed by atoms with Crippen LogP contribution in [0.5, 0.6) is 0 Å². The fourth-order valence-electron chi connectivity index (χ4n) is 2.37. The van der Waals surface area contributed by atoms with E-state index in [4.69, 9.17) is 10.5 Å². The van der Waals surface area contributed by atoms with Crippen molar-refractivity contribution in [1.82, 2.24) is 0 Å². The SMILES string of the molecule is Cc1cc(C)c(Sc2c(F)c(F)c(C#N)c(C#N)c2F)c(C)c1. The molecule has 116 valence electrons. The number of nitriles is 2. The van der Waals surface area contributed by atoms with E-state index in [1.807, 2.05) is 19.1 Å². The Morgan fingerprint density at radius 2 is 1.26 bits per heavy atom. The van der Waals surface area contributed by atoms with Gasteiger partial charge in [0.25, 0.3) is 0 Å². The predicted octanol–water partition coefficient (Wildman–Crippen LogP) is 4.92. The highest BCUT2D eigenvalue weighted by molar-refractivity contribution is 7.99. The molecule has 2 aromatic rings. The van der Waals surface area contributed by atoms with Crippen LogP contribution in [0.1, 0.15) is 27.8 Å². The molecule has 0 saturated heterocycles. The summed E-state index contributed by atoms with van der Waals surface area (Å²) in [5.41, 5.74) is 0.874. The third-order valence-electron chi connectivity index (χ3n) is 3.31. The third kappa shape index (κ3) is 2.91. The van der Waals surface area contributed by atoms with Gasteiger partial charge in [-0.3, -0.25) is 0 Å². The Kier molecular flexibility index (Phi) is 4.68. The van der Waals surface area contributed by atoms with E-state index in [-0.39, 0.29) is 0 Å². The van der Waals surface area contributed by atoms with Gasteiger partial charge in [-0.2, -0.15) is 10.5 Å². The van der Waals surface area contributed by atoms with E-state index in [2.05, 4.69) is 0 Å². The van der Waals surface area contributed by atoms with Crippen LogP contribution in [0.4, 0.5) is 13.2 Å². The zero-order valence-corrected chi connectivity index (χ0v) is 13.4. The standard InChI is InChI=1S/C17H11F3N2S/c1-8-4-9(2)16(10(3)5-8)23-17-14(19)12(7-22)11(6-21)13(18)15(17)20/h4-5H,1-3H3. The smallest absolute Gasteiger partial charge is 0.179 e. The highest BCUT2D eigenvalue weighted by Gasteiger charge is 2.26. The lowest BCUT2D eigenvalue weighted by molar-refractivity contribution is 0.463. The molecule has 23 heavy (non-hydrogen) atoms. The molecule has 0 amide bonds. The number of halogens is 3. The summed E-state index contributed by atoms with van der Waals surface area (Å²) in [6.45, 7) is 5.46. The van der Waals surface area contributed by atoms with Crippen molar-refractivity contribution in [3.8, 4) is 12.1 Å². The maximum absolute atomic E-state index is 14.4. The molecule has 2 aromatic carbocycles. The molecule has 0 aliphatic heterocycles. The van der Waals surface area contributed by atoms with Crippen molar-refractivity contribution in [3.05, 3.63) is 57.4 Å². The molecule has 0 bridgehead atoms. The van der Waals surface area contributed by atoms with Gasteiger partial charge in [-0.05, 0) is 31.9 Å². The van der Waals surface area contributed by atoms with E-state index in [0.717, 1.165) is 16.7 Å². The van der Waals surface area contributed by atoms with Crippen molar-refractivity contribution in [2.45, 2.75) is 30.6 Å². The summed E-state index contributed by atoms with van der Waals surface area (Å²) in [7, 11) is 0. The van der Waals surface area contributed by atoms with Gasteiger partial charge < -0.3 is 0 Å². The summed E-state index contributed by atoms with van der Waals surface area (Å²) in [5, 5.41) is 17.7. The molecule has 0 heterocycles. The zero-order valence-electron chi connectivity index (χ0n) is 12.6. The minimum atomic E-state index is -1.50. The second kappa shape index (κ2) is 6.36. The first kappa shape index (κ1) is 16.9. The van der Waals surface area contributed by atoms with Crippen molar-refractivity contribution >= 4 is 11.8 Å². The monoisotopic (exact) mass is 332 g/mol. The Bertz CT molecular complexity index is 869. The first-order valence-electron chi connectivity index (χ1n) is 6.58. The van der Waals surface area contributed by atoms with Gasteiger partial charge in [0.1, 0.15) is 23.3 Å². The molecule has 0 aliphatic rings. The maximum atomic E-state index is 14.4. The van der Waals surface area contributed by atoms with Crippen molar-refractivity contribution in [2.75, 3.05) is 0 Å². The first-order chi connectivity index (χ1) is 10.8. The normalized spacial score (nSPS) is 10.3. The van der Waals surface area contributed by atoms with Crippen molar-refractivity contribution in [1.29, 1.82) is 10.5 Å². The van der Waals surface area contributed by atoms with Crippen molar-refractivity contribution in [2.24, 2.45) is 0 Å². The predicted molar refractivity (Wildman–Crippen MR) is 80.5 cm³/mol. The molecule has 0 aliphatic carbocycles. The van der Waals surface area contributed by atoms with Gasteiger partial charge in [0.2, 0.25) is 0 Å². The van der Waals surface area contributed by atoms with Crippen LogP contribution in [0, 0.1) is 60.9 Å². The Morgan fingerprint density at radius 3 is 1.74 bits per heavy atom. The minimum Gasteiger partial charge on any atom is -0.204 e. The second-order valence-corrected chi connectivity index (χ2v) is 6.10. The van der Waals surface area contributed by atoms with Gasteiger partial charge in [0.15, 0.2) is 17.5 Å². The number of hydrogen-bond donors (Lipinski definition) is 0. The quantitative estimate of drug-likeness (QED) is 0.733. The van der Waals surface area contributed by atoms with Crippen LogP contribution in [0.2, 0.25) is 0 Å². The summed E-state index contributed by atoms with van der Waals surface area (Å²) in [6.07, 6.45) is 0. The average Bonchev–Trinajstić information content (AvgIpc) is 2.49. The van der Waals surface area contributed by atoms with E-state index in [0.29, 0.717) is 16.7 Å². The Labute approximate surface area is 136 Å². The van der Waals surface area contributed by atoms with Crippen LogP contribution >= 0.6 is 11.8 Å². The summed E-state index contributed by atoms with van der Waals surface area (Å²) in [5.74, 6) is -4.18. The summed E-state index contributed by atoms with van der Waals surface area (Å²) >= 11 is 0.715. The largest absolute Gasteiger partial charge is 0.204 e. The van der Waals surface area contributed by atoms with Gasteiger partial charge >= 0.3 is 0 Å². The fourth-order valence-corrected chi connectivity index (χ4v) is 3.38. The fraction of sp³-hybridized carbons (Fsp3) is 0.176. The molecule has 2 rings (SSSR count). The van der Waals surface area contributed by atoms with Crippen LogP contribution in [-0.4, -0.2) is 0 Å². The Balaban J connectivity index is 2.70. The molecule has 0 N–H and O–H groups in total. The first-order valence-corrected chi connectivity index (χ1v) is 7.39. The van der Waals surface area contributed by atoms with E-state index in [9.17, 15) is 13.2 Å². The lowest BCUT2D eigenvalue weighted by atomic mass is 10.1. The lowest BCUT2D eigenvalue weighted by Crippen LogP contribution is -2.03. The summed E-state index contributed by atoms with van der Waals surface area (Å²) in [6, 6.07) is 6.45. The third-order valence-corrected chi connectivity index (χ3v) is 4.72. The molecule has 2 nitrogen and oxygen atoms in total. The van der Waals surface area contributed by atoms with Gasteiger partial charge in [0, 0.05) is 4.90 Å². The van der Waals surface area contributed by atoms with Crippen LogP contribution in [0.25, 0.3) is 0 Å². The molecule has 0 aromatic heterocycles. The molecule has 0 saturated carbocycles. The highest BCUT2D eigenvalue weighted by atomic mass is 32.2. The second-order valence-electron chi connectivity index (χ2n) is 5.07. The lowest BCUT2D eigenvalue weighted by Gasteiger charge is -2.13.